The second-order valence-corrected chi connectivity index (χ2v) is 18.4. The van der Waals surface area contributed by atoms with Crippen molar-refractivity contribution in [3.8, 4) is 11.1 Å². The first-order valence-corrected chi connectivity index (χ1v) is 23.5. The van der Waals surface area contributed by atoms with Crippen LogP contribution < -0.4 is 14.7 Å². The van der Waals surface area contributed by atoms with Crippen LogP contribution in [-0.4, -0.2) is 0 Å². The lowest BCUT2D eigenvalue weighted by Gasteiger charge is -2.30. The molecule has 0 atom stereocenters. The van der Waals surface area contributed by atoms with Gasteiger partial charge in [0.1, 0.15) is 0 Å². The first-order chi connectivity index (χ1) is 32.2. The summed E-state index contributed by atoms with van der Waals surface area (Å²) in [5.41, 5.74) is 12.2. The maximum atomic E-state index is 2.39. The van der Waals surface area contributed by atoms with Crippen molar-refractivity contribution in [1.82, 2.24) is 0 Å². The molecule has 12 rings (SSSR count). The Hall–Kier alpha value is -7.96. The lowest BCUT2D eigenvalue weighted by molar-refractivity contribution is 1.25. The summed E-state index contributed by atoms with van der Waals surface area (Å²) in [6.45, 7) is 0. The zero-order valence-electron chi connectivity index (χ0n) is 35.3. The van der Waals surface area contributed by atoms with Gasteiger partial charge in [-0.25, -0.2) is 0 Å². The van der Waals surface area contributed by atoms with E-state index in [9.17, 15) is 0 Å². The molecule has 0 N–H and O–H groups in total. The largest absolute Gasteiger partial charge is 0.310 e. The SMILES string of the molecule is c1ccc(N(c2ccccc2)c2cc(-c3ccc4sc5cc(N(c6ccccc6)c6ccc7sc8ccccc8c7c6)ccc5c4c3)cc(N(c3ccccc3)c3ccccc3)c2)cc1. The number of benzene rings is 10. The van der Waals surface area contributed by atoms with E-state index in [2.05, 4.69) is 263 Å². The number of hydrogen-bond donors (Lipinski definition) is 0. The Morgan fingerprint density at radius 2 is 0.585 bits per heavy atom. The molecule has 0 unspecified atom stereocenters. The van der Waals surface area contributed by atoms with Gasteiger partial charge in [-0.15, -0.1) is 22.7 Å². The molecule has 2 heterocycles. The molecule has 0 amide bonds. The Bertz CT molecular complexity index is 3430. The van der Waals surface area contributed by atoms with Gasteiger partial charge in [0.2, 0.25) is 0 Å². The fraction of sp³-hybridized carbons (Fsp3) is 0. The molecule has 12 aromatic rings. The minimum Gasteiger partial charge on any atom is -0.310 e. The smallest absolute Gasteiger partial charge is 0.0488 e. The zero-order valence-corrected chi connectivity index (χ0v) is 37.0. The van der Waals surface area contributed by atoms with Gasteiger partial charge in [-0.2, -0.15) is 0 Å². The second kappa shape index (κ2) is 16.6. The lowest BCUT2D eigenvalue weighted by Crippen LogP contribution is -2.13. The van der Waals surface area contributed by atoms with Crippen molar-refractivity contribution in [3.63, 3.8) is 0 Å². The predicted octanol–water partition coefficient (Wildman–Crippen LogP) is 18.5. The molecule has 5 heteroatoms. The van der Waals surface area contributed by atoms with E-state index in [0.29, 0.717) is 0 Å². The van der Waals surface area contributed by atoms with E-state index in [1.165, 1.54) is 40.3 Å². The first kappa shape index (κ1) is 38.7. The zero-order chi connectivity index (χ0) is 43.1. The van der Waals surface area contributed by atoms with Gasteiger partial charge >= 0.3 is 0 Å². The molecule has 0 aliphatic rings. The van der Waals surface area contributed by atoms with Crippen molar-refractivity contribution in [2.45, 2.75) is 0 Å². The normalized spacial score (nSPS) is 11.4. The highest BCUT2D eigenvalue weighted by Gasteiger charge is 2.21. The predicted molar refractivity (Wildman–Crippen MR) is 282 cm³/mol. The molecule has 65 heavy (non-hydrogen) atoms. The highest BCUT2D eigenvalue weighted by molar-refractivity contribution is 7.26. The number of rotatable bonds is 10. The van der Waals surface area contributed by atoms with Crippen LogP contribution in [0.5, 0.6) is 0 Å². The third-order valence-electron chi connectivity index (χ3n) is 12.2. The Morgan fingerprint density at radius 3 is 1.12 bits per heavy atom. The molecular formula is C60H41N3S2. The number of hydrogen-bond acceptors (Lipinski definition) is 5. The summed E-state index contributed by atoms with van der Waals surface area (Å²) in [7, 11) is 0. The van der Waals surface area contributed by atoms with Crippen LogP contribution in [0.15, 0.2) is 249 Å². The van der Waals surface area contributed by atoms with Crippen molar-refractivity contribution in [1.29, 1.82) is 0 Å². The number of nitrogens with zero attached hydrogens (tertiary/aromatic N) is 3. The van der Waals surface area contributed by atoms with E-state index in [1.807, 2.05) is 22.7 Å². The summed E-state index contributed by atoms with van der Waals surface area (Å²) >= 11 is 3.71. The molecule has 3 nitrogen and oxygen atoms in total. The molecule has 2 aromatic heterocycles. The third-order valence-corrected chi connectivity index (χ3v) is 14.4. The van der Waals surface area contributed by atoms with Gasteiger partial charge < -0.3 is 14.7 Å². The number of anilines is 9. The van der Waals surface area contributed by atoms with Crippen LogP contribution >= 0.6 is 22.7 Å². The molecular weight excluding hydrogens is 827 g/mol. The van der Waals surface area contributed by atoms with Crippen LogP contribution in [0.4, 0.5) is 51.2 Å². The lowest BCUT2D eigenvalue weighted by atomic mass is 10.00. The molecule has 0 saturated heterocycles. The van der Waals surface area contributed by atoms with Gasteiger partial charge in [0.15, 0.2) is 0 Å². The number of thiophene rings is 2. The molecule has 0 aliphatic carbocycles. The van der Waals surface area contributed by atoms with E-state index in [0.717, 1.165) is 62.3 Å². The molecule has 0 saturated carbocycles. The van der Waals surface area contributed by atoms with E-state index in [1.54, 1.807) is 0 Å². The van der Waals surface area contributed by atoms with Gasteiger partial charge in [-0.3, -0.25) is 0 Å². The fourth-order valence-corrected chi connectivity index (χ4v) is 11.4. The van der Waals surface area contributed by atoms with Gasteiger partial charge in [-0.1, -0.05) is 121 Å². The van der Waals surface area contributed by atoms with E-state index < -0.39 is 0 Å². The number of fused-ring (bicyclic) bond motifs is 6. The Morgan fingerprint density at radius 1 is 0.200 bits per heavy atom. The Labute approximate surface area is 386 Å². The van der Waals surface area contributed by atoms with Gasteiger partial charge in [-0.05, 0) is 139 Å². The Balaban J connectivity index is 1.01. The van der Waals surface area contributed by atoms with E-state index in [4.69, 9.17) is 0 Å². The Kier molecular flexibility index (Phi) is 9.90. The maximum Gasteiger partial charge on any atom is 0.0488 e. The van der Waals surface area contributed by atoms with E-state index in [-0.39, 0.29) is 0 Å². The van der Waals surface area contributed by atoms with Crippen LogP contribution in [0, 0.1) is 0 Å². The van der Waals surface area contributed by atoms with E-state index >= 15 is 0 Å². The summed E-state index contributed by atoms with van der Waals surface area (Å²) in [5, 5.41) is 5.10. The van der Waals surface area contributed by atoms with Crippen LogP contribution in [-0.2, 0) is 0 Å². The van der Waals surface area contributed by atoms with Crippen LogP contribution in [0.25, 0.3) is 51.5 Å². The van der Waals surface area contributed by atoms with Crippen molar-refractivity contribution in [3.05, 3.63) is 249 Å². The molecule has 0 radical (unpaired) electrons. The average Bonchev–Trinajstić information content (AvgIpc) is 3.93. The number of para-hydroxylation sites is 5. The highest BCUT2D eigenvalue weighted by Crippen LogP contribution is 2.46. The topological polar surface area (TPSA) is 9.72 Å². The molecule has 0 bridgehead atoms. The van der Waals surface area contributed by atoms with Crippen molar-refractivity contribution >= 4 is 114 Å². The standard InChI is InChI=1S/C60H41N3S2/c1-6-18-44(19-7-1)61(45-20-8-2-9-21-45)51-36-43(37-52(39-51)62(46-22-10-3-11-23-46)47-24-12-4-13-25-47)42-30-34-58-55(38-42)54-33-31-50(41-60(54)65-58)63(48-26-14-5-15-27-48)49-32-35-59-56(40-49)53-28-16-17-29-57(53)64-59/h1-41H. The minimum absolute atomic E-state index is 1.07. The van der Waals surface area contributed by atoms with Gasteiger partial charge in [0, 0.05) is 91.5 Å². The van der Waals surface area contributed by atoms with Crippen molar-refractivity contribution < 1.29 is 0 Å². The summed E-state index contributed by atoms with van der Waals surface area (Å²) < 4.78 is 5.14. The summed E-state index contributed by atoms with van der Waals surface area (Å²) in [6.07, 6.45) is 0. The molecule has 308 valence electrons. The maximum absolute atomic E-state index is 2.39. The first-order valence-electron chi connectivity index (χ1n) is 21.9. The molecule has 0 aliphatic heterocycles. The third kappa shape index (κ3) is 7.27. The summed E-state index contributed by atoms with van der Waals surface area (Å²) in [6, 6.07) is 90.1. The van der Waals surface area contributed by atoms with Crippen LogP contribution in [0.3, 0.4) is 0 Å². The average molecular weight is 868 g/mol. The second-order valence-electron chi connectivity index (χ2n) is 16.2. The molecule has 10 aromatic carbocycles. The van der Waals surface area contributed by atoms with Gasteiger partial charge in [0.25, 0.3) is 0 Å². The monoisotopic (exact) mass is 867 g/mol. The van der Waals surface area contributed by atoms with Crippen molar-refractivity contribution in [2.24, 2.45) is 0 Å². The summed E-state index contributed by atoms with van der Waals surface area (Å²) in [5.74, 6) is 0. The van der Waals surface area contributed by atoms with Gasteiger partial charge in [0.05, 0.1) is 0 Å². The van der Waals surface area contributed by atoms with Crippen LogP contribution in [0.1, 0.15) is 0 Å². The molecule has 0 fully saturated rings. The fourth-order valence-electron chi connectivity index (χ4n) is 9.18. The quantitative estimate of drug-likeness (QED) is 0.136. The molecule has 0 spiro atoms. The minimum atomic E-state index is 1.07. The van der Waals surface area contributed by atoms with Crippen molar-refractivity contribution in [2.75, 3.05) is 14.7 Å². The summed E-state index contributed by atoms with van der Waals surface area (Å²) in [4.78, 5) is 7.11. The highest BCUT2D eigenvalue weighted by atomic mass is 32.1. The van der Waals surface area contributed by atoms with Crippen LogP contribution in [0.2, 0.25) is 0 Å².